The molecule has 0 aromatic heterocycles. The minimum absolute atomic E-state index is 0. The van der Waals surface area contributed by atoms with Crippen LogP contribution in [0, 0.1) is 0 Å². The molecular formula is C29H92BN3O8Si6. The molecule has 0 aromatic rings. The summed E-state index contributed by atoms with van der Waals surface area (Å²) in [6.45, 7) is 21.7. The highest BCUT2D eigenvalue weighted by atomic mass is 28.5. The molecule has 0 aromatic carbocycles. The molecule has 2 unspecified atom stereocenters. The Hall–Kier alpha value is 0.926. The van der Waals surface area contributed by atoms with Gasteiger partial charge in [0.25, 0.3) is 0 Å². The van der Waals surface area contributed by atoms with Crippen LogP contribution in [0.5, 0.6) is 0 Å². The van der Waals surface area contributed by atoms with Gasteiger partial charge in [-0.2, -0.15) is 0 Å². The summed E-state index contributed by atoms with van der Waals surface area (Å²) in [7, 11) is -11.4. The molecule has 0 spiro atoms. The lowest BCUT2D eigenvalue weighted by atomic mass is 10.5. The molecule has 2 atom stereocenters. The molecule has 298 valence electrons. The normalized spacial score (nSPS) is 16.3. The lowest BCUT2D eigenvalue weighted by Crippen LogP contribution is -2.69. The maximum Gasteiger partial charge on any atom is 0.487 e. The van der Waals surface area contributed by atoms with Crippen molar-refractivity contribution in [3.63, 3.8) is 0 Å². The Kier molecular flexibility index (Phi) is 43.0. The molecule has 0 bridgehead atoms. The Bertz CT molecular complexity index is 740. The number of rotatable bonds is 20. The van der Waals surface area contributed by atoms with E-state index in [1.54, 1.807) is 13.1 Å². The second kappa shape index (κ2) is 30.5. The van der Waals surface area contributed by atoms with Crippen molar-refractivity contribution < 1.29 is 34.9 Å². The van der Waals surface area contributed by atoms with Crippen LogP contribution >= 0.6 is 0 Å². The molecular weight excluding hydrogens is 698 g/mol. The quantitative estimate of drug-likeness (QED) is 0.0736. The molecule has 1 heterocycles. The first-order valence-electron chi connectivity index (χ1n) is 13.9. The molecule has 1 fully saturated rings. The highest BCUT2D eigenvalue weighted by molar-refractivity contribution is 7.14. The summed E-state index contributed by atoms with van der Waals surface area (Å²) in [6.07, 6.45) is 1.20. The van der Waals surface area contributed by atoms with Crippen molar-refractivity contribution in [3.05, 3.63) is 0 Å². The fraction of sp³-hybridized carbons (Fsp3) is 1.00. The highest BCUT2D eigenvalue weighted by Crippen LogP contribution is 2.30. The lowest BCUT2D eigenvalue weighted by Gasteiger charge is -2.46. The fourth-order valence-electron chi connectivity index (χ4n) is 4.29. The first kappa shape index (κ1) is 66.2. The van der Waals surface area contributed by atoms with Gasteiger partial charge in [-0.15, -0.1) is 0 Å². The van der Waals surface area contributed by atoms with Crippen LogP contribution < -0.4 is 11.1 Å². The van der Waals surface area contributed by atoms with E-state index in [4.69, 9.17) is 50.9 Å². The molecule has 2 radical (unpaired) electrons. The van der Waals surface area contributed by atoms with Crippen LogP contribution in [0.2, 0.25) is 65.0 Å². The first-order valence-corrected chi connectivity index (χ1v) is 29.0. The van der Waals surface area contributed by atoms with E-state index in [1.165, 1.54) is 0 Å². The molecule has 18 heteroatoms. The van der Waals surface area contributed by atoms with Gasteiger partial charge in [0.1, 0.15) is 8.19 Å². The highest BCUT2D eigenvalue weighted by Gasteiger charge is 2.55. The fourth-order valence-corrected chi connectivity index (χ4v) is 27.8. The summed E-state index contributed by atoms with van der Waals surface area (Å²) in [5.41, 5.74) is 5.60. The van der Waals surface area contributed by atoms with Crippen molar-refractivity contribution in [2.45, 2.75) is 146 Å². The molecule has 47 heavy (non-hydrogen) atoms. The molecule has 5 N–H and O–H groups in total. The summed E-state index contributed by atoms with van der Waals surface area (Å²) >= 11 is 0. The Labute approximate surface area is 309 Å². The maximum absolute atomic E-state index is 7.68. The van der Waals surface area contributed by atoms with Gasteiger partial charge in [0.15, 0.2) is 2.86 Å². The van der Waals surface area contributed by atoms with E-state index in [0.29, 0.717) is 45.1 Å². The predicted molar refractivity (Wildman–Crippen MR) is 229 cm³/mol. The second-order valence-corrected chi connectivity index (χ2v) is 31.8. The maximum atomic E-state index is 7.68. The van der Waals surface area contributed by atoms with Gasteiger partial charge in [-0.05, 0) is 64.8 Å². The minimum Gasteiger partial charge on any atom is -0.424 e. The molecule has 1 aliphatic rings. The topological polar surface area (TPSA) is 137 Å². The van der Waals surface area contributed by atoms with Crippen LogP contribution in [0.4, 0.5) is 0 Å². The van der Waals surface area contributed by atoms with Gasteiger partial charge in [-0.1, -0.05) is 87.4 Å². The number of nitrogens with one attached hydrogen (secondary N) is 1. The van der Waals surface area contributed by atoms with Crippen LogP contribution in [0.3, 0.4) is 0 Å². The molecule has 1 saturated heterocycles. The summed E-state index contributed by atoms with van der Waals surface area (Å²) in [5, 5.41) is 3.31. The zero-order valence-corrected chi connectivity index (χ0v) is 30.4. The zero-order valence-electron chi connectivity index (χ0n) is 26.4. The van der Waals surface area contributed by atoms with Gasteiger partial charge in [0, 0.05) is 26.2 Å². The van der Waals surface area contributed by atoms with E-state index in [2.05, 4.69) is 10.2 Å². The van der Waals surface area contributed by atoms with Crippen molar-refractivity contribution in [3.8, 4) is 0 Å². The summed E-state index contributed by atoms with van der Waals surface area (Å²) < 4.78 is 54.3. The number of morpholine rings is 1. The Morgan fingerprint density at radius 1 is 0.723 bits per heavy atom. The zero-order chi connectivity index (χ0) is 30.0. The van der Waals surface area contributed by atoms with E-state index in [-0.39, 0.29) is 74.3 Å². The second-order valence-electron chi connectivity index (χ2n) is 11.7. The average molecular weight is 792 g/mol. The lowest BCUT2D eigenvalue weighted by molar-refractivity contribution is 0.0374. The van der Waals surface area contributed by atoms with Crippen LogP contribution in [-0.2, 0) is 25.3 Å². The SMILES string of the molecule is C.C.C.C.C.C.C.C.C.C.[2H]O[Si](C)(C)O[Si](C)(CCCNCCN)O[Si](C)(C)O[Si](CN1CCOCC1)(O[Si]([B])(C)C)O[Si](C)(C)O[2H]. The minimum atomic E-state index is -3.58. The summed E-state index contributed by atoms with van der Waals surface area (Å²) in [5.74, 6) is 0. The molecule has 11 nitrogen and oxygen atoms in total. The van der Waals surface area contributed by atoms with Crippen molar-refractivity contribution in [1.82, 2.24) is 10.2 Å². The largest absolute Gasteiger partial charge is 0.487 e. The Balaban J connectivity index is -0.000000190. The van der Waals surface area contributed by atoms with E-state index < -0.39 is 51.2 Å². The van der Waals surface area contributed by atoms with E-state index in [9.17, 15) is 0 Å². The van der Waals surface area contributed by atoms with E-state index >= 15 is 0 Å². The first-order chi connectivity index (χ1) is 17.8. The van der Waals surface area contributed by atoms with Gasteiger partial charge in [0.2, 0.25) is 0 Å². The van der Waals surface area contributed by atoms with Crippen LogP contribution in [-0.4, -0.2) is 128 Å². The number of nitrogens with two attached hydrogens (primary N) is 1. The number of nitrogens with zero attached hydrogens (tertiary/aromatic N) is 1. The Morgan fingerprint density at radius 3 is 1.62 bits per heavy atom. The van der Waals surface area contributed by atoms with Gasteiger partial charge < -0.3 is 46.0 Å². The van der Waals surface area contributed by atoms with Crippen molar-refractivity contribution in [2.75, 3.05) is 52.1 Å². The van der Waals surface area contributed by atoms with Gasteiger partial charge >= 0.3 is 43.0 Å². The molecule has 1 aliphatic heterocycles. The number of hydrogen-bond acceptors (Lipinski definition) is 11. The smallest absolute Gasteiger partial charge is 0.424 e. The number of ether oxygens (including phenoxy) is 1. The van der Waals surface area contributed by atoms with Gasteiger partial charge in [-0.25, -0.2) is 0 Å². The van der Waals surface area contributed by atoms with Crippen LogP contribution in [0.15, 0.2) is 0 Å². The molecule has 0 aliphatic carbocycles. The van der Waals surface area contributed by atoms with Crippen LogP contribution in [0.1, 0.15) is 80.7 Å². The predicted octanol–water partition coefficient (Wildman–Crippen LogP) is 7.21. The van der Waals surface area contributed by atoms with Crippen molar-refractivity contribution in [1.29, 1.82) is 2.86 Å². The van der Waals surface area contributed by atoms with E-state index in [0.717, 1.165) is 19.5 Å². The Morgan fingerprint density at radius 2 is 1.19 bits per heavy atom. The van der Waals surface area contributed by atoms with Crippen LogP contribution in [0.25, 0.3) is 0 Å². The monoisotopic (exact) mass is 792 g/mol. The van der Waals surface area contributed by atoms with E-state index in [1.807, 2.05) is 45.8 Å². The average Bonchev–Trinajstić information content (AvgIpc) is 2.76. The summed E-state index contributed by atoms with van der Waals surface area (Å²) in [6, 6.07) is 0.678. The third-order valence-corrected chi connectivity index (χ3v) is 24.2. The third-order valence-electron chi connectivity index (χ3n) is 4.97. The molecule has 0 saturated carbocycles. The van der Waals surface area contributed by atoms with Gasteiger partial charge in [0.05, 0.1) is 26.8 Å². The molecule has 0 amide bonds. The van der Waals surface area contributed by atoms with Gasteiger partial charge in [-0.3, -0.25) is 4.90 Å². The summed E-state index contributed by atoms with van der Waals surface area (Å²) in [4.78, 5) is 12.3. The standard InChI is InChI=1S/C19H52BN3O8Si6.10CH4/c1-32(2,20)27-37(29-34(5,6)25,19-23-14-16-26-17-15-23)31-35(7,8)30-36(9,28-33(3,4)24)18-10-12-22-13-11-21;;;;;;;;;;/h22,24-25H,10-19,21H2,1-9H3;10*1H4/i24D,25D;;;;;;;;;;. The van der Waals surface area contributed by atoms with Crippen molar-refractivity contribution >= 4 is 58.7 Å². The van der Waals surface area contributed by atoms with Crippen molar-refractivity contribution in [2.24, 2.45) is 5.73 Å². The molecule has 1 rings (SSSR count). The number of hydrogen-bond donors (Lipinski definition) is 4. The third kappa shape index (κ3) is 35.1.